The molecule has 0 saturated carbocycles. The zero-order chi connectivity index (χ0) is 13.2. The number of hydrogen-bond acceptors (Lipinski definition) is 4. The van der Waals surface area contributed by atoms with E-state index in [0.717, 1.165) is 10.0 Å². The van der Waals surface area contributed by atoms with E-state index in [2.05, 4.69) is 20.8 Å². The Kier molecular flexibility index (Phi) is 4.40. The van der Waals surface area contributed by atoms with Crippen molar-refractivity contribution in [2.75, 3.05) is 33.9 Å². The molecule has 1 heterocycles. The summed E-state index contributed by atoms with van der Waals surface area (Å²) in [5.41, 5.74) is 0.209. The van der Waals surface area contributed by atoms with Crippen molar-refractivity contribution in [1.82, 2.24) is 4.90 Å². The number of methoxy groups -OCH3 is 2. The van der Waals surface area contributed by atoms with Gasteiger partial charge in [0.25, 0.3) is 0 Å². The lowest BCUT2D eigenvalue weighted by Gasteiger charge is -2.47. The summed E-state index contributed by atoms with van der Waals surface area (Å²) in [5, 5.41) is 10.5. The molecule has 1 aliphatic rings. The van der Waals surface area contributed by atoms with Crippen molar-refractivity contribution in [1.29, 1.82) is 0 Å². The highest BCUT2D eigenvalue weighted by atomic mass is 79.9. The van der Waals surface area contributed by atoms with Crippen molar-refractivity contribution < 1.29 is 14.6 Å². The molecular formula is C13H18BrNO3. The van der Waals surface area contributed by atoms with Crippen molar-refractivity contribution in [2.24, 2.45) is 0 Å². The fourth-order valence-electron chi connectivity index (χ4n) is 2.22. The zero-order valence-electron chi connectivity index (χ0n) is 10.6. The molecule has 1 N–H and O–H groups in total. The van der Waals surface area contributed by atoms with E-state index in [0.29, 0.717) is 19.6 Å². The quantitative estimate of drug-likeness (QED) is 0.838. The van der Waals surface area contributed by atoms with Crippen LogP contribution in [0.5, 0.6) is 0 Å². The van der Waals surface area contributed by atoms with Crippen molar-refractivity contribution >= 4 is 15.9 Å². The molecule has 0 bridgehead atoms. The Labute approximate surface area is 116 Å². The van der Waals surface area contributed by atoms with Crippen LogP contribution in [0.2, 0.25) is 0 Å². The van der Waals surface area contributed by atoms with Gasteiger partial charge in [-0.15, -0.1) is 0 Å². The summed E-state index contributed by atoms with van der Waals surface area (Å²) in [6, 6.07) is 7.79. The highest BCUT2D eigenvalue weighted by Crippen LogP contribution is 2.32. The minimum Gasteiger partial charge on any atom is -0.382 e. The molecule has 0 spiro atoms. The van der Waals surface area contributed by atoms with E-state index in [9.17, 15) is 5.11 Å². The third kappa shape index (κ3) is 2.92. The number of halogens is 1. The van der Waals surface area contributed by atoms with Gasteiger partial charge in [-0.3, -0.25) is 4.90 Å². The Balaban J connectivity index is 1.92. The smallest absolute Gasteiger partial charge is 0.169 e. The van der Waals surface area contributed by atoms with Crippen LogP contribution in [0.4, 0.5) is 0 Å². The van der Waals surface area contributed by atoms with Gasteiger partial charge < -0.3 is 14.6 Å². The Bertz CT molecular complexity index is 386. The molecule has 0 radical (unpaired) electrons. The van der Waals surface area contributed by atoms with E-state index in [1.54, 1.807) is 14.2 Å². The second-order valence-corrected chi connectivity index (χ2v) is 5.52. The molecular weight excluding hydrogens is 298 g/mol. The van der Waals surface area contributed by atoms with Gasteiger partial charge >= 0.3 is 0 Å². The van der Waals surface area contributed by atoms with Crippen LogP contribution in [-0.2, 0) is 15.1 Å². The first-order valence-electron chi connectivity index (χ1n) is 5.84. The molecule has 18 heavy (non-hydrogen) atoms. The lowest BCUT2D eigenvalue weighted by Crippen LogP contribution is -2.61. The largest absolute Gasteiger partial charge is 0.382 e. The molecule has 100 valence electrons. The summed E-state index contributed by atoms with van der Waals surface area (Å²) in [4.78, 5) is 2.11. The standard InChI is InChI=1S/C13H18BrNO3/c1-17-12(18-2)7-15-8-13(16,9-15)10-3-5-11(14)6-4-10/h3-6,12,16H,7-9H2,1-2H3. The van der Waals surface area contributed by atoms with E-state index < -0.39 is 5.60 Å². The van der Waals surface area contributed by atoms with Gasteiger partial charge in [0.15, 0.2) is 6.29 Å². The van der Waals surface area contributed by atoms with E-state index in [-0.39, 0.29) is 6.29 Å². The zero-order valence-corrected chi connectivity index (χ0v) is 12.2. The van der Waals surface area contributed by atoms with Gasteiger partial charge in [0, 0.05) is 38.3 Å². The van der Waals surface area contributed by atoms with Crippen molar-refractivity contribution in [3.05, 3.63) is 34.3 Å². The van der Waals surface area contributed by atoms with Crippen LogP contribution >= 0.6 is 15.9 Å². The van der Waals surface area contributed by atoms with Crippen LogP contribution in [0.1, 0.15) is 5.56 Å². The lowest BCUT2D eigenvalue weighted by atomic mass is 9.86. The number of hydrogen-bond donors (Lipinski definition) is 1. The highest BCUT2D eigenvalue weighted by Gasteiger charge is 2.43. The molecule has 0 amide bonds. The lowest BCUT2D eigenvalue weighted by molar-refractivity contribution is -0.163. The summed E-state index contributed by atoms with van der Waals surface area (Å²) < 4.78 is 11.3. The van der Waals surface area contributed by atoms with Crippen LogP contribution in [0.3, 0.4) is 0 Å². The third-order valence-corrected chi connectivity index (χ3v) is 3.81. The first-order chi connectivity index (χ1) is 8.57. The van der Waals surface area contributed by atoms with E-state index in [1.165, 1.54) is 0 Å². The van der Waals surface area contributed by atoms with Gasteiger partial charge in [-0.1, -0.05) is 28.1 Å². The summed E-state index contributed by atoms with van der Waals surface area (Å²) in [6.07, 6.45) is -0.237. The Morgan fingerprint density at radius 1 is 1.28 bits per heavy atom. The fourth-order valence-corrected chi connectivity index (χ4v) is 2.49. The molecule has 5 heteroatoms. The number of benzene rings is 1. The van der Waals surface area contributed by atoms with Crippen LogP contribution in [0, 0.1) is 0 Å². The number of β-amino-alcohol motifs (C(OH)–C–C–N with tert-alkyl or cyclic N) is 1. The van der Waals surface area contributed by atoms with Crippen LogP contribution in [0.25, 0.3) is 0 Å². The maximum atomic E-state index is 10.5. The summed E-state index contributed by atoms with van der Waals surface area (Å²) in [5.74, 6) is 0. The molecule has 1 fully saturated rings. The highest BCUT2D eigenvalue weighted by molar-refractivity contribution is 9.10. The fraction of sp³-hybridized carbons (Fsp3) is 0.538. The van der Waals surface area contributed by atoms with Crippen LogP contribution in [-0.4, -0.2) is 50.2 Å². The van der Waals surface area contributed by atoms with E-state index in [1.807, 2.05) is 24.3 Å². The molecule has 2 rings (SSSR count). The van der Waals surface area contributed by atoms with E-state index >= 15 is 0 Å². The number of aliphatic hydroxyl groups is 1. The van der Waals surface area contributed by atoms with Gasteiger partial charge in [0.05, 0.1) is 0 Å². The van der Waals surface area contributed by atoms with Gasteiger partial charge in [-0.25, -0.2) is 0 Å². The summed E-state index contributed by atoms with van der Waals surface area (Å²) in [7, 11) is 3.24. The van der Waals surface area contributed by atoms with Crippen LogP contribution < -0.4 is 0 Å². The number of nitrogens with zero attached hydrogens (tertiary/aromatic N) is 1. The molecule has 0 aromatic heterocycles. The molecule has 0 aliphatic carbocycles. The summed E-state index contributed by atoms with van der Waals surface area (Å²) >= 11 is 3.39. The van der Waals surface area contributed by atoms with Crippen molar-refractivity contribution in [3.8, 4) is 0 Å². The Hall–Kier alpha value is -0.460. The second kappa shape index (κ2) is 5.67. The molecule has 1 aromatic carbocycles. The average Bonchev–Trinajstić information content (AvgIpc) is 2.34. The summed E-state index contributed by atoms with van der Waals surface area (Å²) in [6.45, 7) is 1.89. The van der Waals surface area contributed by atoms with Crippen molar-refractivity contribution in [3.63, 3.8) is 0 Å². The monoisotopic (exact) mass is 315 g/mol. The van der Waals surface area contributed by atoms with Crippen molar-refractivity contribution in [2.45, 2.75) is 11.9 Å². The van der Waals surface area contributed by atoms with Crippen LogP contribution in [0.15, 0.2) is 28.7 Å². The van der Waals surface area contributed by atoms with E-state index in [4.69, 9.17) is 9.47 Å². The minimum atomic E-state index is -0.743. The average molecular weight is 316 g/mol. The molecule has 1 aliphatic heterocycles. The molecule has 1 saturated heterocycles. The Morgan fingerprint density at radius 2 is 1.83 bits per heavy atom. The van der Waals surface area contributed by atoms with Gasteiger partial charge in [0.2, 0.25) is 0 Å². The first-order valence-corrected chi connectivity index (χ1v) is 6.63. The molecule has 0 atom stereocenters. The normalized spacial score (nSPS) is 18.9. The predicted octanol–water partition coefficient (Wildman–Crippen LogP) is 1.57. The maximum absolute atomic E-state index is 10.5. The number of rotatable bonds is 5. The minimum absolute atomic E-state index is 0.237. The third-order valence-electron chi connectivity index (χ3n) is 3.28. The topological polar surface area (TPSA) is 41.9 Å². The molecule has 4 nitrogen and oxygen atoms in total. The van der Waals surface area contributed by atoms with Gasteiger partial charge in [-0.2, -0.15) is 0 Å². The van der Waals surface area contributed by atoms with Gasteiger partial charge in [-0.05, 0) is 17.7 Å². The van der Waals surface area contributed by atoms with Gasteiger partial charge in [0.1, 0.15) is 5.60 Å². The maximum Gasteiger partial charge on any atom is 0.169 e. The molecule has 0 unspecified atom stereocenters. The SMILES string of the molecule is COC(CN1CC(O)(c2ccc(Br)cc2)C1)OC. The number of ether oxygens (including phenoxy) is 2. The first kappa shape index (κ1) is 14.0. The number of likely N-dealkylation sites (tertiary alicyclic amines) is 1. The second-order valence-electron chi connectivity index (χ2n) is 4.61. The predicted molar refractivity (Wildman–Crippen MR) is 72.3 cm³/mol. The molecule has 1 aromatic rings. The Morgan fingerprint density at radius 3 is 2.33 bits per heavy atom.